The summed E-state index contributed by atoms with van der Waals surface area (Å²) in [5.41, 5.74) is -0.924. The molecule has 0 aromatic heterocycles. The number of hydrogen-bond donors (Lipinski definition) is 2. The number of nitro benzene ring substituents is 1. The van der Waals surface area contributed by atoms with Gasteiger partial charge >= 0.3 is 6.03 Å². The molecule has 0 spiro atoms. The van der Waals surface area contributed by atoms with Gasteiger partial charge in [-0.15, -0.1) is 0 Å². The number of benzene rings is 2. The molecule has 1 saturated heterocycles. The van der Waals surface area contributed by atoms with Crippen molar-refractivity contribution < 1.29 is 22.9 Å². The Labute approximate surface area is 170 Å². The standard InChI is InChI=1S/C17H15ClN4O6S/c1-17(11-3-6-13(7-4-11)29(19,27)28)15(23)21(16(24)20-17)9-10-2-5-12(22(25)26)8-14(10)18/h2-8H,9H2,1H3,(H,20,24)(H2,19,27,28). The highest BCUT2D eigenvalue weighted by molar-refractivity contribution is 7.89. The van der Waals surface area contributed by atoms with Gasteiger partial charge in [0.05, 0.1) is 21.4 Å². The van der Waals surface area contributed by atoms with Gasteiger partial charge in [0.1, 0.15) is 5.54 Å². The maximum atomic E-state index is 13.0. The van der Waals surface area contributed by atoms with Crippen molar-refractivity contribution in [1.82, 2.24) is 10.2 Å². The SMILES string of the molecule is CC1(c2ccc(S(N)(=O)=O)cc2)NC(=O)N(Cc2ccc([N+](=O)[O-])cc2Cl)C1=O. The fraction of sp³-hybridized carbons (Fsp3) is 0.176. The fourth-order valence-corrected chi connectivity index (χ4v) is 3.71. The zero-order valence-electron chi connectivity index (χ0n) is 15.0. The van der Waals surface area contributed by atoms with Gasteiger partial charge in [-0.25, -0.2) is 18.4 Å². The summed E-state index contributed by atoms with van der Waals surface area (Å²) in [6, 6.07) is 8.32. The van der Waals surface area contributed by atoms with Crippen LogP contribution >= 0.6 is 11.6 Å². The summed E-state index contributed by atoms with van der Waals surface area (Å²) in [5, 5.41) is 18.5. The minimum atomic E-state index is -3.90. The summed E-state index contributed by atoms with van der Waals surface area (Å²) in [5.74, 6) is -0.583. The van der Waals surface area contributed by atoms with E-state index < -0.39 is 32.4 Å². The molecule has 2 aromatic rings. The van der Waals surface area contributed by atoms with Crippen LogP contribution in [0.25, 0.3) is 0 Å². The van der Waals surface area contributed by atoms with E-state index >= 15 is 0 Å². The molecule has 2 aromatic carbocycles. The molecular weight excluding hydrogens is 424 g/mol. The van der Waals surface area contributed by atoms with Crippen molar-refractivity contribution >= 4 is 39.2 Å². The lowest BCUT2D eigenvalue weighted by atomic mass is 9.92. The van der Waals surface area contributed by atoms with Gasteiger partial charge in [-0.1, -0.05) is 23.7 Å². The molecule has 3 amide bonds. The number of hydrogen-bond acceptors (Lipinski definition) is 6. The lowest BCUT2D eigenvalue weighted by molar-refractivity contribution is -0.384. The average Bonchev–Trinajstić information content (AvgIpc) is 2.86. The maximum absolute atomic E-state index is 13.0. The largest absolute Gasteiger partial charge is 0.325 e. The fourth-order valence-electron chi connectivity index (χ4n) is 2.96. The lowest BCUT2D eigenvalue weighted by Gasteiger charge is -2.22. The van der Waals surface area contributed by atoms with Crippen LogP contribution < -0.4 is 10.5 Å². The molecule has 0 aliphatic carbocycles. The molecule has 1 aliphatic rings. The minimum absolute atomic E-state index is 0.0471. The number of non-ortho nitro benzene ring substituents is 1. The second-order valence-electron chi connectivity index (χ2n) is 6.55. The molecule has 1 unspecified atom stereocenters. The number of amides is 3. The number of primary sulfonamides is 1. The van der Waals surface area contributed by atoms with E-state index in [1.54, 1.807) is 0 Å². The molecule has 1 atom stereocenters. The van der Waals surface area contributed by atoms with E-state index in [2.05, 4.69) is 5.32 Å². The van der Waals surface area contributed by atoms with Gasteiger partial charge < -0.3 is 5.32 Å². The van der Waals surface area contributed by atoms with E-state index in [0.29, 0.717) is 11.1 Å². The van der Waals surface area contributed by atoms with Crippen LogP contribution in [0, 0.1) is 10.1 Å². The molecule has 29 heavy (non-hydrogen) atoms. The Bertz CT molecular complexity index is 1140. The predicted molar refractivity (Wildman–Crippen MR) is 102 cm³/mol. The number of nitro groups is 1. The summed E-state index contributed by atoms with van der Waals surface area (Å²) in [6.45, 7) is 1.29. The quantitative estimate of drug-likeness (QED) is 0.412. The van der Waals surface area contributed by atoms with Crippen molar-refractivity contribution in [3.8, 4) is 0 Å². The van der Waals surface area contributed by atoms with Crippen molar-refractivity contribution in [3.63, 3.8) is 0 Å². The van der Waals surface area contributed by atoms with E-state index in [0.717, 1.165) is 11.0 Å². The van der Waals surface area contributed by atoms with Crippen LogP contribution in [-0.2, 0) is 26.9 Å². The van der Waals surface area contributed by atoms with E-state index in [4.69, 9.17) is 16.7 Å². The van der Waals surface area contributed by atoms with Gasteiger partial charge in [0.2, 0.25) is 10.0 Å². The van der Waals surface area contributed by atoms with Crippen molar-refractivity contribution in [2.24, 2.45) is 5.14 Å². The van der Waals surface area contributed by atoms with Crippen LogP contribution in [-0.4, -0.2) is 30.2 Å². The topological polar surface area (TPSA) is 153 Å². The number of urea groups is 1. The third-order valence-corrected chi connectivity index (χ3v) is 5.89. The highest BCUT2D eigenvalue weighted by Crippen LogP contribution is 2.32. The van der Waals surface area contributed by atoms with Crippen molar-refractivity contribution in [2.45, 2.75) is 23.9 Å². The number of rotatable bonds is 5. The second-order valence-corrected chi connectivity index (χ2v) is 8.52. The van der Waals surface area contributed by atoms with Crippen LogP contribution in [0.5, 0.6) is 0 Å². The molecule has 152 valence electrons. The van der Waals surface area contributed by atoms with Crippen LogP contribution in [0.15, 0.2) is 47.4 Å². The van der Waals surface area contributed by atoms with Crippen molar-refractivity contribution in [2.75, 3.05) is 0 Å². The zero-order valence-corrected chi connectivity index (χ0v) is 16.5. The minimum Gasteiger partial charge on any atom is -0.319 e. The third-order valence-electron chi connectivity index (χ3n) is 4.61. The number of nitrogens with one attached hydrogen (secondary N) is 1. The number of carbonyl (C=O) groups is 2. The van der Waals surface area contributed by atoms with E-state index in [-0.39, 0.29) is 22.2 Å². The number of nitrogens with two attached hydrogens (primary N) is 1. The highest BCUT2D eigenvalue weighted by atomic mass is 35.5. The summed E-state index contributed by atoms with van der Waals surface area (Å²) >= 11 is 6.05. The molecule has 12 heteroatoms. The Morgan fingerprint density at radius 1 is 1.21 bits per heavy atom. The first kappa shape index (κ1) is 20.7. The Morgan fingerprint density at radius 3 is 2.34 bits per heavy atom. The van der Waals surface area contributed by atoms with Crippen molar-refractivity contribution in [3.05, 3.63) is 68.7 Å². The number of sulfonamides is 1. The number of imide groups is 1. The third kappa shape index (κ3) is 3.79. The summed E-state index contributed by atoms with van der Waals surface area (Å²) in [4.78, 5) is 36.4. The van der Waals surface area contributed by atoms with E-state index in [9.17, 15) is 28.1 Å². The molecule has 0 bridgehead atoms. The number of carbonyl (C=O) groups excluding carboxylic acids is 2. The predicted octanol–water partition coefficient (Wildman–Crippen LogP) is 1.86. The number of halogens is 1. The van der Waals surface area contributed by atoms with Gasteiger partial charge in [-0.05, 0) is 36.2 Å². The van der Waals surface area contributed by atoms with Gasteiger partial charge in [-0.3, -0.25) is 19.8 Å². The maximum Gasteiger partial charge on any atom is 0.325 e. The zero-order chi connectivity index (χ0) is 21.6. The Balaban J connectivity index is 1.88. The second kappa shape index (κ2) is 7.10. The Kier molecular flexibility index (Phi) is 5.07. The Hall–Kier alpha value is -3.02. The molecule has 1 aliphatic heterocycles. The van der Waals surface area contributed by atoms with Crippen LogP contribution in [0.2, 0.25) is 5.02 Å². The van der Waals surface area contributed by atoms with Crippen LogP contribution in [0.3, 0.4) is 0 Å². The molecule has 0 radical (unpaired) electrons. The molecule has 3 N–H and O–H groups in total. The molecule has 3 rings (SSSR count). The van der Waals surface area contributed by atoms with Crippen molar-refractivity contribution in [1.29, 1.82) is 0 Å². The lowest BCUT2D eigenvalue weighted by Crippen LogP contribution is -2.40. The summed E-state index contributed by atoms with van der Waals surface area (Å²) < 4.78 is 22.8. The first-order chi connectivity index (χ1) is 13.4. The monoisotopic (exact) mass is 438 g/mol. The molecule has 0 saturated carbocycles. The molecular formula is C17H15ClN4O6S. The smallest absolute Gasteiger partial charge is 0.319 e. The van der Waals surface area contributed by atoms with Gasteiger partial charge in [0.15, 0.2) is 0 Å². The summed E-state index contributed by atoms with van der Waals surface area (Å²) in [7, 11) is -3.90. The van der Waals surface area contributed by atoms with Gasteiger partial charge in [0, 0.05) is 12.1 Å². The highest BCUT2D eigenvalue weighted by Gasteiger charge is 2.49. The molecule has 10 nitrogen and oxygen atoms in total. The normalized spacial score (nSPS) is 19.3. The first-order valence-electron chi connectivity index (χ1n) is 8.14. The number of nitrogens with zero attached hydrogens (tertiary/aromatic N) is 2. The van der Waals surface area contributed by atoms with Crippen LogP contribution in [0.4, 0.5) is 10.5 Å². The average molecular weight is 439 g/mol. The molecule has 1 fully saturated rings. The van der Waals surface area contributed by atoms with E-state index in [1.165, 1.54) is 43.3 Å². The van der Waals surface area contributed by atoms with Gasteiger partial charge in [0.25, 0.3) is 11.6 Å². The first-order valence-corrected chi connectivity index (χ1v) is 10.1. The summed E-state index contributed by atoms with van der Waals surface area (Å²) in [6.07, 6.45) is 0. The van der Waals surface area contributed by atoms with Gasteiger partial charge in [-0.2, -0.15) is 0 Å². The van der Waals surface area contributed by atoms with Crippen LogP contribution in [0.1, 0.15) is 18.1 Å². The Morgan fingerprint density at radius 2 is 1.83 bits per heavy atom. The van der Waals surface area contributed by atoms with E-state index in [1.807, 2.05) is 0 Å². The molecule has 1 heterocycles.